The first-order valence-corrected chi connectivity index (χ1v) is 7.52. The highest BCUT2D eigenvalue weighted by Gasteiger charge is 2.50. The number of hydrogen-bond donors (Lipinski definition) is 1. The minimum absolute atomic E-state index is 0.134. The molecule has 2 nitrogen and oxygen atoms in total. The zero-order valence-corrected chi connectivity index (χ0v) is 11.1. The molecule has 1 aromatic rings. The van der Waals surface area contributed by atoms with Crippen LogP contribution < -0.4 is 5.73 Å². The molecular weight excluding hydrogens is 222 g/mol. The Kier molecular flexibility index (Phi) is 2.38. The predicted octanol–water partition coefficient (Wildman–Crippen LogP) is 3.66. The van der Waals surface area contributed by atoms with Gasteiger partial charge in [0.05, 0.1) is 12.3 Å². The van der Waals surface area contributed by atoms with Crippen molar-refractivity contribution >= 4 is 0 Å². The van der Waals surface area contributed by atoms with Crippen molar-refractivity contribution in [3.05, 3.63) is 23.7 Å². The van der Waals surface area contributed by atoms with Gasteiger partial charge in [0, 0.05) is 0 Å². The second-order valence-electron chi connectivity index (χ2n) is 7.00. The fourth-order valence-corrected chi connectivity index (χ4v) is 5.45. The topological polar surface area (TPSA) is 39.2 Å². The minimum Gasteiger partial charge on any atom is -0.467 e. The van der Waals surface area contributed by atoms with Gasteiger partial charge in [-0.3, -0.25) is 0 Å². The average molecular weight is 245 g/mol. The molecule has 1 unspecified atom stereocenters. The fourth-order valence-electron chi connectivity index (χ4n) is 5.45. The second kappa shape index (κ2) is 3.86. The zero-order valence-electron chi connectivity index (χ0n) is 11.1. The van der Waals surface area contributed by atoms with E-state index in [-0.39, 0.29) is 6.04 Å². The molecule has 98 valence electrons. The summed E-state index contributed by atoms with van der Waals surface area (Å²) < 4.78 is 5.66. The SMILES string of the molecule is Cc1ccoc1C(N)C1C2CC3CC(C2)CC1C3. The van der Waals surface area contributed by atoms with Gasteiger partial charge < -0.3 is 10.2 Å². The van der Waals surface area contributed by atoms with E-state index >= 15 is 0 Å². The van der Waals surface area contributed by atoms with Gasteiger partial charge in [-0.2, -0.15) is 0 Å². The van der Waals surface area contributed by atoms with Crippen molar-refractivity contribution in [2.24, 2.45) is 35.3 Å². The molecule has 1 atom stereocenters. The molecular formula is C16H23NO. The van der Waals surface area contributed by atoms with E-state index in [1.165, 1.54) is 37.7 Å². The van der Waals surface area contributed by atoms with Gasteiger partial charge in [-0.05, 0) is 80.2 Å². The number of hydrogen-bond acceptors (Lipinski definition) is 2. The summed E-state index contributed by atoms with van der Waals surface area (Å²) in [5, 5.41) is 0. The summed E-state index contributed by atoms with van der Waals surface area (Å²) in [4.78, 5) is 0. The van der Waals surface area contributed by atoms with E-state index < -0.39 is 0 Å². The third-order valence-electron chi connectivity index (χ3n) is 5.92. The van der Waals surface area contributed by atoms with Crippen LogP contribution in [0.15, 0.2) is 16.7 Å². The van der Waals surface area contributed by atoms with Crippen LogP contribution in [-0.4, -0.2) is 0 Å². The third-order valence-corrected chi connectivity index (χ3v) is 5.92. The molecule has 4 aliphatic carbocycles. The van der Waals surface area contributed by atoms with Gasteiger partial charge in [-0.25, -0.2) is 0 Å². The first-order valence-electron chi connectivity index (χ1n) is 7.52. The van der Waals surface area contributed by atoms with Crippen LogP contribution in [0, 0.1) is 36.5 Å². The molecule has 0 amide bonds. The van der Waals surface area contributed by atoms with Crippen molar-refractivity contribution < 1.29 is 4.42 Å². The molecule has 0 saturated heterocycles. The molecule has 0 aromatic carbocycles. The van der Waals surface area contributed by atoms with Crippen LogP contribution in [0.25, 0.3) is 0 Å². The molecule has 1 aromatic heterocycles. The highest BCUT2D eigenvalue weighted by atomic mass is 16.3. The monoisotopic (exact) mass is 245 g/mol. The maximum atomic E-state index is 6.57. The standard InChI is InChI=1S/C16H23NO/c1-9-2-3-18-16(9)15(17)14-12-5-10-4-11(7-12)8-13(14)6-10/h2-3,10-15H,4-8,17H2,1H3. The Morgan fingerprint density at radius 1 is 1.11 bits per heavy atom. The summed E-state index contributed by atoms with van der Waals surface area (Å²) >= 11 is 0. The molecule has 4 saturated carbocycles. The maximum Gasteiger partial charge on any atom is 0.123 e. The van der Waals surface area contributed by atoms with Crippen LogP contribution in [0.4, 0.5) is 0 Å². The Balaban J connectivity index is 1.63. The first kappa shape index (κ1) is 11.1. The van der Waals surface area contributed by atoms with Crippen molar-refractivity contribution in [2.75, 3.05) is 0 Å². The van der Waals surface area contributed by atoms with Crippen LogP contribution in [0.2, 0.25) is 0 Å². The summed E-state index contributed by atoms with van der Waals surface area (Å²) in [6.07, 6.45) is 9.04. The summed E-state index contributed by atoms with van der Waals surface area (Å²) in [6, 6.07) is 2.18. The molecule has 5 rings (SSSR count). The molecule has 18 heavy (non-hydrogen) atoms. The minimum atomic E-state index is 0.134. The molecule has 0 radical (unpaired) electrons. The van der Waals surface area contributed by atoms with Gasteiger partial charge in [0.15, 0.2) is 0 Å². The molecule has 4 aliphatic rings. The van der Waals surface area contributed by atoms with Gasteiger partial charge in [-0.15, -0.1) is 0 Å². The highest BCUT2D eigenvalue weighted by molar-refractivity contribution is 5.20. The Hall–Kier alpha value is -0.760. The highest BCUT2D eigenvalue weighted by Crippen LogP contribution is 2.59. The third kappa shape index (κ3) is 1.51. The Morgan fingerprint density at radius 3 is 2.22 bits per heavy atom. The molecule has 4 fully saturated rings. The molecule has 1 heterocycles. The molecule has 4 bridgehead atoms. The van der Waals surface area contributed by atoms with Gasteiger partial charge in [0.1, 0.15) is 5.76 Å². The van der Waals surface area contributed by atoms with Crippen LogP contribution >= 0.6 is 0 Å². The van der Waals surface area contributed by atoms with Crippen molar-refractivity contribution in [1.29, 1.82) is 0 Å². The molecule has 0 spiro atoms. The average Bonchev–Trinajstić information content (AvgIpc) is 2.73. The maximum absolute atomic E-state index is 6.57. The fraction of sp³-hybridized carbons (Fsp3) is 0.750. The van der Waals surface area contributed by atoms with Crippen LogP contribution in [0.1, 0.15) is 49.5 Å². The summed E-state index contributed by atoms with van der Waals surface area (Å²) in [5.41, 5.74) is 7.80. The summed E-state index contributed by atoms with van der Waals surface area (Å²) in [6.45, 7) is 2.12. The summed E-state index contributed by atoms with van der Waals surface area (Å²) in [7, 11) is 0. The lowest BCUT2D eigenvalue weighted by Gasteiger charge is -2.55. The molecule has 2 heteroatoms. The Labute approximate surface area is 109 Å². The van der Waals surface area contributed by atoms with Crippen LogP contribution in [-0.2, 0) is 0 Å². The van der Waals surface area contributed by atoms with E-state index in [4.69, 9.17) is 10.2 Å². The predicted molar refractivity (Wildman–Crippen MR) is 70.9 cm³/mol. The summed E-state index contributed by atoms with van der Waals surface area (Å²) in [5.74, 6) is 5.53. The number of aryl methyl sites for hydroxylation is 1. The second-order valence-corrected chi connectivity index (χ2v) is 7.00. The number of rotatable bonds is 2. The van der Waals surface area contributed by atoms with Gasteiger partial charge >= 0.3 is 0 Å². The lowest BCUT2D eigenvalue weighted by Crippen LogP contribution is -2.48. The smallest absolute Gasteiger partial charge is 0.123 e. The van der Waals surface area contributed by atoms with E-state index in [1.54, 1.807) is 6.26 Å². The Bertz CT molecular complexity index is 422. The zero-order chi connectivity index (χ0) is 12.3. The van der Waals surface area contributed by atoms with Crippen molar-refractivity contribution in [1.82, 2.24) is 0 Å². The first-order chi connectivity index (χ1) is 8.72. The van der Waals surface area contributed by atoms with E-state index in [0.717, 1.165) is 29.4 Å². The number of nitrogens with two attached hydrogens (primary N) is 1. The Morgan fingerprint density at radius 2 is 1.72 bits per heavy atom. The molecule has 0 aliphatic heterocycles. The van der Waals surface area contributed by atoms with E-state index in [0.29, 0.717) is 5.92 Å². The normalized spacial score (nSPS) is 43.3. The van der Waals surface area contributed by atoms with E-state index in [9.17, 15) is 0 Å². The van der Waals surface area contributed by atoms with Gasteiger partial charge in [0.2, 0.25) is 0 Å². The number of furan rings is 1. The largest absolute Gasteiger partial charge is 0.467 e. The lowest BCUT2D eigenvalue weighted by molar-refractivity contribution is -0.0497. The van der Waals surface area contributed by atoms with Crippen LogP contribution in [0.5, 0.6) is 0 Å². The lowest BCUT2D eigenvalue weighted by atomic mass is 9.50. The van der Waals surface area contributed by atoms with Crippen LogP contribution in [0.3, 0.4) is 0 Å². The van der Waals surface area contributed by atoms with E-state index in [2.05, 4.69) is 6.92 Å². The van der Waals surface area contributed by atoms with Gasteiger partial charge in [0.25, 0.3) is 0 Å². The van der Waals surface area contributed by atoms with E-state index in [1.807, 2.05) is 6.07 Å². The van der Waals surface area contributed by atoms with Gasteiger partial charge in [-0.1, -0.05) is 0 Å². The van der Waals surface area contributed by atoms with Crippen molar-refractivity contribution in [2.45, 2.75) is 45.1 Å². The van der Waals surface area contributed by atoms with Crippen molar-refractivity contribution in [3.8, 4) is 0 Å². The molecule has 2 N–H and O–H groups in total. The van der Waals surface area contributed by atoms with Crippen molar-refractivity contribution in [3.63, 3.8) is 0 Å². The quantitative estimate of drug-likeness (QED) is 0.863.